The molecule has 4 rings (SSSR count). The van der Waals surface area contributed by atoms with Crippen LogP contribution in [0.15, 0.2) is 54.6 Å². The molecule has 0 radical (unpaired) electrons. The van der Waals surface area contributed by atoms with Gasteiger partial charge in [0.2, 0.25) is 11.8 Å². The molecule has 2 saturated heterocycles. The molecule has 3 N–H and O–H groups in total. The number of hydrogen-bond acceptors (Lipinski definition) is 9. The van der Waals surface area contributed by atoms with Gasteiger partial charge in [-0.1, -0.05) is 42.5 Å². The van der Waals surface area contributed by atoms with E-state index < -0.39 is 41.4 Å². The number of carbonyl (C=O) groups is 4. The van der Waals surface area contributed by atoms with E-state index in [0.29, 0.717) is 37.6 Å². The van der Waals surface area contributed by atoms with Gasteiger partial charge in [-0.05, 0) is 43.5 Å². The minimum atomic E-state index is -1.37. The Morgan fingerprint density at radius 2 is 1.67 bits per heavy atom. The summed E-state index contributed by atoms with van der Waals surface area (Å²) in [5, 5.41) is 16.9. The number of Topliss-reactive ketones (excluding diaryl/α,β-unsaturated/α-hetero) is 2. The zero-order valence-electron chi connectivity index (χ0n) is 24.9. The van der Waals surface area contributed by atoms with Gasteiger partial charge in [0, 0.05) is 19.5 Å². The number of ether oxygens (including phenoxy) is 3. The lowest BCUT2D eigenvalue weighted by Gasteiger charge is -2.28. The van der Waals surface area contributed by atoms with E-state index in [1.807, 2.05) is 35.2 Å². The first-order chi connectivity index (χ1) is 20.6. The highest BCUT2D eigenvalue weighted by atomic mass is 16.6. The number of nitrogens with zero attached hydrogens (tertiary/aromatic N) is 1. The first kappa shape index (κ1) is 32.3. The van der Waals surface area contributed by atoms with E-state index in [0.717, 1.165) is 5.56 Å². The summed E-state index contributed by atoms with van der Waals surface area (Å²) in [6, 6.07) is 14.0. The van der Waals surface area contributed by atoms with E-state index in [2.05, 4.69) is 10.6 Å². The Balaban J connectivity index is 1.50. The summed E-state index contributed by atoms with van der Waals surface area (Å²) >= 11 is 0. The number of methoxy groups -OCH3 is 1. The maximum absolute atomic E-state index is 13.8. The summed E-state index contributed by atoms with van der Waals surface area (Å²) < 4.78 is 15.9. The Morgan fingerprint density at radius 3 is 2.28 bits per heavy atom. The molecule has 2 aliphatic rings. The number of hydrogen-bond donors (Lipinski definition) is 3. The van der Waals surface area contributed by atoms with Gasteiger partial charge < -0.3 is 30.0 Å². The van der Waals surface area contributed by atoms with E-state index in [1.165, 1.54) is 7.11 Å². The molecular weight excluding hydrogens is 554 g/mol. The number of aliphatic hydroxyl groups excluding tert-OH is 1. The summed E-state index contributed by atoms with van der Waals surface area (Å²) in [5.74, 6) is -2.34. The lowest BCUT2D eigenvalue weighted by molar-refractivity contribution is -0.137. The van der Waals surface area contributed by atoms with E-state index in [-0.39, 0.29) is 37.7 Å². The normalized spacial score (nSPS) is 21.1. The van der Waals surface area contributed by atoms with E-state index in [1.54, 1.807) is 38.1 Å². The Bertz CT molecular complexity index is 1260. The third-order valence-electron chi connectivity index (χ3n) is 7.94. The number of aliphatic hydroxyl groups is 1. The molecule has 232 valence electrons. The Labute approximate surface area is 251 Å². The van der Waals surface area contributed by atoms with Crippen LogP contribution in [0.25, 0.3) is 0 Å². The molecule has 2 fully saturated rings. The van der Waals surface area contributed by atoms with Crippen molar-refractivity contribution in [2.45, 2.75) is 50.5 Å². The van der Waals surface area contributed by atoms with Crippen LogP contribution in [-0.4, -0.2) is 97.6 Å². The van der Waals surface area contributed by atoms with Crippen LogP contribution in [-0.2, 0) is 35.1 Å². The molecule has 11 nitrogen and oxygen atoms in total. The van der Waals surface area contributed by atoms with E-state index in [4.69, 9.17) is 14.2 Å². The summed E-state index contributed by atoms with van der Waals surface area (Å²) in [4.78, 5) is 55.1. The number of rotatable bonds is 15. The smallest absolute Gasteiger partial charge is 0.234 e. The number of epoxide rings is 1. The zero-order chi connectivity index (χ0) is 31.0. The molecule has 11 heteroatoms. The number of ketones is 2. The average Bonchev–Trinajstić information content (AvgIpc) is 3.77. The fourth-order valence-electron chi connectivity index (χ4n) is 5.06. The maximum Gasteiger partial charge on any atom is 0.234 e. The van der Waals surface area contributed by atoms with Gasteiger partial charge in [0.15, 0.2) is 11.6 Å². The first-order valence-electron chi connectivity index (χ1n) is 14.6. The fraction of sp³-hybridized carbons (Fsp3) is 0.500. The second-order valence-electron chi connectivity index (χ2n) is 11.3. The van der Waals surface area contributed by atoms with Crippen molar-refractivity contribution >= 4 is 23.4 Å². The molecule has 0 bridgehead atoms. The van der Waals surface area contributed by atoms with Crippen molar-refractivity contribution in [2.24, 2.45) is 5.92 Å². The molecular formula is C32H41N3O8. The maximum atomic E-state index is 13.8. The number of morpholine rings is 1. The second kappa shape index (κ2) is 14.7. The predicted octanol–water partition coefficient (Wildman–Crippen LogP) is 1.23. The van der Waals surface area contributed by atoms with Crippen LogP contribution in [0.1, 0.15) is 37.5 Å². The first-order valence-corrected chi connectivity index (χ1v) is 14.6. The lowest BCUT2D eigenvalue weighted by atomic mass is 9.87. The SMILES string of the molecule is COc1ccc([C@@H](O)[C@H](CC(=O)[C@H](C)NC(=O)CN2CCOCC2)C(=O)N[C@@H](Cc2ccccc2)C(=O)[C@@]2(C)CO2)cc1. The van der Waals surface area contributed by atoms with Gasteiger partial charge in [0.05, 0.1) is 57.6 Å². The van der Waals surface area contributed by atoms with Crippen LogP contribution in [0.4, 0.5) is 0 Å². The second-order valence-corrected chi connectivity index (χ2v) is 11.3. The standard InChI is InChI=1S/C32H41N3O8/c1-21(33-28(37)19-35-13-15-42-16-14-35)27(36)18-25(29(38)23-9-11-24(41-3)12-10-23)31(40)34-26(30(39)32(2)20-43-32)17-22-7-5-4-6-8-22/h4-12,21,25-26,29,38H,13-20H2,1-3H3,(H,33,37)(H,34,40)/t21-,25-,26-,29+,32+/m0/s1. The molecule has 43 heavy (non-hydrogen) atoms. The van der Waals surface area contributed by atoms with Gasteiger partial charge in [-0.2, -0.15) is 0 Å². The molecule has 0 spiro atoms. The van der Waals surface area contributed by atoms with Gasteiger partial charge in [-0.15, -0.1) is 0 Å². The van der Waals surface area contributed by atoms with Crippen LogP contribution in [0, 0.1) is 5.92 Å². The van der Waals surface area contributed by atoms with Crippen molar-refractivity contribution in [3.63, 3.8) is 0 Å². The van der Waals surface area contributed by atoms with Crippen LogP contribution in [0.2, 0.25) is 0 Å². The van der Waals surface area contributed by atoms with Crippen molar-refractivity contribution in [2.75, 3.05) is 46.6 Å². The van der Waals surface area contributed by atoms with Crippen LogP contribution < -0.4 is 15.4 Å². The van der Waals surface area contributed by atoms with Crippen LogP contribution >= 0.6 is 0 Å². The third kappa shape index (κ3) is 8.93. The van der Waals surface area contributed by atoms with Crippen LogP contribution in [0.3, 0.4) is 0 Å². The largest absolute Gasteiger partial charge is 0.497 e. The highest BCUT2D eigenvalue weighted by Crippen LogP contribution is 2.31. The summed E-state index contributed by atoms with van der Waals surface area (Å²) in [6.45, 7) is 5.95. The Hall–Kier alpha value is -3.64. The molecule has 5 atom stereocenters. The zero-order valence-corrected chi connectivity index (χ0v) is 24.9. The summed E-state index contributed by atoms with van der Waals surface area (Å²) in [7, 11) is 1.52. The molecule has 0 aliphatic carbocycles. The van der Waals surface area contributed by atoms with Crippen molar-refractivity contribution in [1.82, 2.24) is 15.5 Å². The summed E-state index contributed by atoms with van der Waals surface area (Å²) in [6.07, 6.45) is -1.51. The van der Waals surface area contributed by atoms with Crippen molar-refractivity contribution < 1.29 is 38.5 Å². The molecule has 2 aromatic carbocycles. The van der Waals surface area contributed by atoms with Gasteiger partial charge >= 0.3 is 0 Å². The van der Waals surface area contributed by atoms with E-state index >= 15 is 0 Å². The van der Waals surface area contributed by atoms with Gasteiger partial charge in [-0.25, -0.2) is 0 Å². The molecule has 2 amide bonds. The molecule has 0 unspecified atom stereocenters. The van der Waals surface area contributed by atoms with Crippen molar-refractivity contribution in [1.29, 1.82) is 0 Å². The molecule has 2 aliphatic heterocycles. The van der Waals surface area contributed by atoms with Gasteiger partial charge in [0.25, 0.3) is 0 Å². The van der Waals surface area contributed by atoms with Crippen LogP contribution in [0.5, 0.6) is 5.75 Å². The van der Waals surface area contributed by atoms with E-state index in [9.17, 15) is 24.3 Å². The quantitative estimate of drug-likeness (QED) is 0.259. The van der Waals surface area contributed by atoms with Crippen molar-refractivity contribution in [3.05, 3.63) is 65.7 Å². The monoisotopic (exact) mass is 595 g/mol. The highest BCUT2D eigenvalue weighted by molar-refractivity contribution is 5.98. The highest BCUT2D eigenvalue weighted by Gasteiger charge is 2.50. The molecule has 2 heterocycles. The molecule has 0 aromatic heterocycles. The lowest BCUT2D eigenvalue weighted by Crippen LogP contribution is -2.51. The van der Waals surface area contributed by atoms with Gasteiger partial charge in [-0.3, -0.25) is 24.1 Å². The number of carbonyl (C=O) groups excluding carboxylic acids is 4. The number of benzene rings is 2. The minimum Gasteiger partial charge on any atom is -0.497 e. The van der Waals surface area contributed by atoms with Crippen molar-refractivity contribution in [3.8, 4) is 5.75 Å². The Kier molecular flexibility index (Phi) is 11.0. The molecule has 0 saturated carbocycles. The average molecular weight is 596 g/mol. The third-order valence-corrected chi connectivity index (χ3v) is 7.94. The van der Waals surface area contributed by atoms with Gasteiger partial charge in [0.1, 0.15) is 11.4 Å². The Morgan fingerprint density at radius 1 is 1.02 bits per heavy atom. The predicted molar refractivity (Wildman–Crippen MR) is 157 cm³/mol. The minimum absolute atomic E-state index is 0.128. The topological polar surface area (TPSA) is 147 Å². The number of nitrogens with one attached hydrogen (secondary N) is 2. The molecule has 2 aromatic rings. The fourth-order valence-corrected chi connectivity index (χ4v) is 5.06. The number of amides is 2. The summed E-state index contributed by atoms with van der Waals surface area (Å²) in [5.41, 5.74) is 0.248.